The number of alkyl halides is 1. The topological polar surface area (TPSA) is 104 Å². The van der Waals surface area contributed by atoms with Gasteiger partial charge in [-0.15, -0.1) is 11.3 Å². The molecular formula is C32H33ClF3N7O2S. The molecule has 2 fully saturated rings. The fraction of sp³-hybridized carbons (Fsp3) is 0.469. The lowest BCUT2D eigenvalue weighted by Gasteiger charge is -2.31. The molecule has 0 bridgehead atoms. The Morgan fingerprint density at radius 1 is 1.26 bits per heavy atom. The third-order valence-electron chi connectivity index (χ3n) is 9.29. The normalized spacial score (nSPS) is 22.8. The van der Waals surface area contributed by atoms with E-state index in [0.29, 0.717) is 38.4 Å². The second-order valence-electron chi connectivity index (χ2n) is 12.7. The molecule has 2 saturated heterocycles. The number of thiophene rings is 1. The molecule has 9 nitrogen and oxygen atoms in total. The molecule has 2 aromatic carbocycles. The van der Waals surface area contributed by atoms with E-state index in [1.54, 1.807) is 0 Å². The van der Waals surface area contributed by atoms with Crippen molar-refractivity contribution in [1.82, 2.24) is 19.8 Å². The molecule has 4 aromatic rings. The van der Waals surface area contributed by atoms with Crippen molar-refractivity contribution in [2.75, 3.05) is 64.1 Å². The van der Waals surface area contributed by atoms with E-state index in [9.17, 15) is 14.0 Å². The molecule has 0 aliphatic carbocycles. The van der Waals surface area contributed by atoms with Crippen LogP contribution in [0.5, 0.6) is 11.8 Å². The first-order valence-corrected chi connectivity index (χ1v) is 16.4. The molecule has 0 amide bonds. The zero-order chi connectivity index (χ0) is 32.5. The van der Waals surface area contributed by atoms with Gasteiger partial charge in [0.05, 0.1) is 32.8 Å². The summed E-state index contributed by atoms with van der Waals surface area (Å²) in [4.78, 5) is 15.5. The highest BCUT2D eigenvalue weighted by Gasteiger charge is 2.49. The number of ether oxygens (including phenoxy) is 2. The minimum atomic E-state index is -0.937. The van der Waals surface area contributed by atoms with Crippen molar-refractivity contribution in [3.63, 3.8) is 0 Å². The van der Waals surface area contributed by atoms with Gasteiger partial charge in [0, 0.05) is 37.0 Å². The van der Waals surface area contributed by atoms with E-state index >= 15 is 4.39 Å². The van der Waals surface area contributed by atoms with Crippen LogP contribution in [-0.4, -0.2) is 91.0 Å². The van der Waals surface area contributed by atoms with Crippen LogP contribution in [0.2, 0.25) is 5.02 Å². The number of likely N-dealkylation sites (N-methyl/N-ethyl adjacent to an activating group) is 1. The van der Waals surface area contributed by atoms with Gasteiger partial charge in [-0.1, -0.05) is 17.7 Å². The number of fused-ring (bicyclic) bond motifs is 2. The van der Waals surface area contributed by atoms with E-state index in [1.807, 2.05) is 36.9 Å². The third-order valence-corrected chi connectivity index (χ3v) is 10.7. The fourth-order valence-corrected chi connectivity index (χ4v) is 8.46. The van der Waals surface area contributed by atoms with Crippen LogP contribution in [0.1, 0.15) is 31.7 Å². The van der Waals surface area contributed by atoms with Crippen molar-refractivity contribution in [2.45, 2.75) is 44.0 Å². The predicted molar refractivity (Wildman–Crippen MR) is 174 cm³/mol. The average molecular weight is 672 g/mol. The van der Waals surface area contributed by atoms with E-state index in [4.69, 9.17) is 31.8 Å². The van der Waals surface area contributed by atoms with Crippen molar-refractivity contribution >= 4 is 54.7 Å². The number of aromatic nitrogens is 2. The van der Waals surface area contributed by atoms with Gasteiger partial charge in [-0.2, -0.15) is 15.2 Å². The molecule has 46 heavy (non-hydrogen) atoms. The van der Waals surface area contributed by atoms with E-state index in [-0.39, 0.29) is 72.2 Å². The van der Waals surface area contributed by atoms with Gasteiger partial charge in [-0.3, -0.25) is 4.90 Å². The summed E-state index contributed by atoms with van der Waals surface area (Å²) in [5.41, 5.74) is 5.67. The number of anilines is 2. The van der Waals surface area contributed by atoms with Crippen molar-refractivity contribution < 1.29 is 22.6 Å². The number of nitrogens with zero attached hydrogens (tertiary/aromatic N) is 6. The maximum Gasteiger partial charge on any atom is 0.319 e. The number of hydrogen-bond donors (Lipinski definition) is 1. The van der Waals surface area contributed by atoms with Gasteiger partial charge >= 0.3 is 6.01 Å². The number of hydrogen-bond acceptors (Lipinski definition) is 10. The largest absolute Gasteiger partial charge is 0.486 e. The van der Waals surface area contributed by atoms with Gasteiger partial charge in [0.2, 0.25) is 0 Å². The molecule has 3 aliphatic rings. The van der Waals surface area contributed by atoms with Crippen LogP contribution in [-0.2, 0) is 0 Å². The summed E-state index contributed by atoms with van der Waals surface area (Å²) in [6.45, 7) is 4.86. The van der Waals surface area contributed by atoms with Gasteiger partial charge in [0.1, 0.15) is 47.1 Å². The van der Waals surface area contributed by atoms with Crippen LogP contribution in [0.25, 0.3) is 32.1 Å². The number of nitrogen functional groups attached to an aromatic ring is 1. The van der Waals surface area contributed by atoms with Gasteiger partial charge < -0.3 is 25.0 Å². The Balaban J connectivity index is 1.45. The van der Waals surface area contributed by atoms with E-state index in [0.717, 1.165) is 30.7 Å². The molecule has 242 valence electrons. The highest BCUT2D eigenvalue weighted by Crippen LogP contribution is 2.51. The molecule has 0 radical (unpaired) electrons. The lowest BCUT2D eigenvalue weighted by molar-refractivity contribution is 0.107. The van der Waals surface area contributed by atoms with Gasteiger partial charge in [-0.25, -0.2) is 13.2 Å². The standard InChI is InChI=1S/C32H33ClF3N7O2S/c1-16-13-42(10-9-41(2)3)30-23-26(39-31(40-30)44-15-32-7-4-8-43(32)14-17(34)11-32)25(36)22(24(33)27(23)45-16)18-5-6-20(35)28-21(18)19(12-37)29(38)46-28/h5-6,16-17H,4,7-11,13-15,38H2,1-3H3/t16-,17+,32-/m0/s1. The van der Waals surface area contributed by atoms with Crippen molar-refractivity contribution in [1.29, 1.82) is 5.26 Å². The van der Waals surface area contributed by atoms with Crippen LogP contribution in [0, 0.1) is 23.0 Å². The molecular weight excluding hydrogens is 639 g/mol. The van der Waals surface area contributed by atoms with E-state index in [2.05, 4.69) is 9.88 Å². The fourth-order valence-electron chi connectivity index (χ4n) is 7.18. The van der Waals surface area contributed by atoms with Crippen molar-refractivity contribution in [3.8, 4) is 29.0 Å². The summed E-state index contributed by atoms with van der Waals surface area (Å²) in [7, 11) is 3.92. The summed E-state index contributed by atoms with van der Waals surface area (Å²) in [6.07, 6.45) is 0.769. The third kappa shape index (κ3) is 4.97. The molecule has 3 aliphatic heterocycles. The summed E-state index contributed by atoms with van der Waals surface area (Å²) >= 11 is 7.94. The average Bonchev–Trinajstić information content (AvgIpc) is 3.63. The maximum absolute atomic E-state index is 17.1. The van der Waals surface area contributed by atoms with Crippen LogP contribution < -0.4 is 20.1 Å². The highest BCUT2D eigenvalue weighted by molar-refractivity contribution is 7.23. The van der Waals surface area contributed by atoms with Gasteiger partial charge in [-0.05, 0) is 52.0 Å². The summed E-state index contributed by atoms with van der Waals surface area (Å²) < 4.78 is 59.3. The Morgan fingerprint density at radius 3 is 2.83 bits per heavy atom. The molecule has 0 saturated carbocycles. The Bertz CT molecular complexity index is 1920. The minimum absolute atomic E-state index is 0.0376. The Hall–Kier alpha value is -3.57. The van der Waals surface area contributed by atoms with E-state index in [1.165, 1.54) is 12.1 Å². The summed E-state index contributed by atoms with van der Waals surface area (Å²) in [5.74, 6) is -0.789. The van der Waals surface area contributed by atoms with Crippen LogP contribution in [0.4, 0.5) is 24.0 Å². The van der Waals surface area contributed by atoms with Crippen LogP contribution in [0.3, 0.4) is 0 Å². The molecule has 7 rings (SSSR count). The van der Waals surface area contributed by atoms with Crippen LogP contribution >= 0.6 is 22.9 Å². The number of nitrogens with two attached hydrogens (primary N) is 1. The molecule has 2 aromatic heterocycles. The molecule has 0 spiro atoms. The lowest BCUT2D eigenvalue weighted by atomic mass is 9.95. The first kappa shape index (κ1) is 31.1. The SMILES string of the molecule is C[C@H]1CN(CCN(C)C)c2nc(OC[C@@]34CCCN3C[C@H](F)C4)nc3c(F)c(-c4ccc(F)c5sc(N)c(C#N)c45)c(Cl)c(c23)O1. The zero-order valence-corrected chi connectivity index (χ0v) is 27.2. The van der Waals surface area contributed by atoms with Crippen molar-refractivity contribution in [3.05, 3.63) is 34.4 Å². The maximum atomic E-state index is 17.1. The lowest BCUT2D eigenvalue weighted by Crippen LogP contribution is -2.43. The number of benzene rings is 2. The first-order chi connectivity index (χ1) is 22.0. The van der Waals surface area contributed by atoms with E-state index < -0.39 is 23.3 Å². The summed E-state index contributed by atoms with van der Waals surface area (Å²) in [5, 5.41) is 10.4. The molecule has 2 N–H and O–H groups in total. The molecule has 0 unspecified atom stereocenters. The Labute approximate surface area is 273 Å². The Kier molecular flexibility index (Phi) is 7.83. The number of nitriles is 1. The van der Waals surface area contributed by atoms with Gasteiger partial charge in [0.15, 0.2) is 11.6 Å². The van der Waals surface area contributed by atoms with Crippen molar-refractivity contribution in [2.24, 2.45) is 0 Å². The monoisotopic (exact) mass is 671 g/mol. The number of halogens is 4. The zero-order valence-electron chi connectivity index (χ0n) is 25.7. The predicted octanol–water partition coefficient (Wildman–Crippen LogP) is 6.00. The number of rotatable bonds is 7. The smallest absolute Gasteiger partial charge is 0.319 e. The van der Waals surface area contributed by atoms with Crippen LogP contribution in [0.15, 0.2) is 12.1 Å². The quantitative estimate of drug-likeness (QED) is 0.253. The molecule has 14 heteroatoms. The Morgan fingerprint density at radius 2 is 2.07 bits per heavy atom. The second-order valence-corrected chi connectivity index (χ2v) is 14.1. The first-order valence-electron chi connectivity index (χ1n) is 15.2. The molecule has 3 atom stereocenters. The minimum Gasteiger partial charge on any atom is -0.486 e. The highest BCUT2D eigenvalue weighted by atomic mass is 35.5. The van der Waals surface area contributed by atoms with Gasteiger partial charge in [0.25, 0.3) is 0 Å². The summed E-state index contributed by atoms with van der Waals surface area (Å²) in [6, 6.07) is 4.58. The molecule has 5 heterocycles. The second kappa shape index (κ2) is 11.6.